The van der Waals surface area contributed by atoms with Crippen LogP contribution in [0.15, 0.2) is 70.2 Å². The molecule has 2 aromatic carbocycles. The van der Waals surface area contributed by atoms with Gasteiger partial charge in [0, 0.05) is 18.5 Å². The second-order valence-corrected chi connectivity index (χ2v) is 17.9. The predicted octanol–water partition coefficient (Wildman–Crippen LogP) is 4.49. The van der Waals surface area contributed by atoms with Gasteiger partial charge in [0.15, 0.2) is 15.1 Å². The van der Waals surface area contributed by atoms with E-state index in [0.29, 0.717) is 11.3 Å². The van der Waals surface area contributed by atoms with Gasteiger partial charge in [0.1, 0.15) is 28.0 Å². The van der Waals surface area contributed by atoms with Crippen LogP contribution in [0.2, 0.25) is 0 Å². The Kier molecular flexibility index (Phi) is 9.62. The number of amides is 2. The number of nitrogens with one attached hydrogen (secondary N) is 1. The third-order valence-electron chi connectivity index (χ3n) is 7.73. The lowest BCUT2D eigenvalue weighted by Gasteiger charge is -2.27. The van der Waals surface area contributed by atoms with Crippen molar-refractivity contribution in [1.82, 2.24) is 20.4 Å². The number of hydrogen-bond donors (Lipinski definition) is 1. The van der Waals surface area contributed by atoms with Crippen molar-refractivity contribution in [3.05, 3.63) is 78.1 Å². The van der Waals surface area contributed by atoms with Gasteiger partial charge in [-0.25, -0.2) is 27.4 Å². The predicted molar refractivity (Wildman–Crippen MR) is 180 cm³/mol. The van der Waals surface area contributed by atoms with Crippen LogP contribution in [0.1, 0.15) is 46.1 Å². The smallest absolute Gasteiger partial charge is 0.408 e. The number of pyridine rings is 1. The standard InChI is InChI=1S/C33H34FN5O9S2/c1-32(2,3)47-31(42)36-24-18-50(44,45)26-15-23(34)22(28-37-30(48-38-28)33(4,5)49(6,43)19-40)14-25(26)39(29(24)41)17-20-12-13-27(35-16-20)46-21-10-8-7-9-11-21/h7-16,24H,17-18H2,1-6H3,(H,36,42)/t24-,49?/m0/s1. The quantitative estimate of drug-likeness (QED) is 0.251. The van der Waals surface area contributed by atoms with Gasteiger partial charge in [0.05, 0.1) is 38.0 Å². The van der Waals surface area contributed by atoms with Gasteiger partial charge in [-0.1, -0.05) is 29.4 Å². The van der Waals surface area contributed by atoms with Crippen LogP contribution in [0.5, 0.6) is 11.6 Å². The summed E-state index contributed by atoms with van der Waals surface area (Å²) in [4.78, 5) is 47.3. The molecule has 3 heterocycles. The Labute approximate surface area is 287 Å². The number of halogens is 1. The van der Waals surface area contributed by atoms with Crippen molar-refractivity contribution in [2.75, 3.05) is 16.9 Å². The minimum atomic E-state index is -4.43. The molecule has 1 aliphatic heterocycles. The number of hydrogen-bond acceptors (Lipinski definition) is 12. The van der Waals surface area contributed by atoms with E-state index >= 15 is 4.39 Å². The molecule has 50 heavy (non-hydrogen) atoms. The number of benzene rings is 2. The van der Waals surface area contributed by atoms with Gasteiger partial charge >= 0.3 is 6.09 Å². The first kappa shape index (κ1) is 36.2. The summed E-state index contributed by atoms with van der Waals surface area (Å²) in [6, 6.07) is 12.2. The number of nitrogens with zero attached hydrogens (tertiary/aromatic N) is 4. The summed E-state index contributed by atoms with van der Waals surface area (Å²) in [5.41, 5.74) is -1.13. The molecule has 0 aliphatic carbocycles. The van der Waals surface area contributed by atoms with Crippen LogP contribution >= 0.6 is 0 Å². The Morgan fingerprint density at radius 1 is 1.14 bits per heavy atom. The van der Waals surface area contributed by atoms with Gasteiger partial charge < -0.3 is 24.2 Å². The van der Waals surface area contributed by atoms with E-state index in [4.69, 9.17) is 14.0 Å². The molecule has 1 N–H and O–H groups in total. The number of alkyl carbamates (subject to hydrolysis) is 1. The molecule has 5 rings (SSSR count). The maximum atomic E-state index is 15.8. The molecule has 0 radical (unpaired) electrons. The minimum Gasteiger partial charge on any atom is -0.444 e. The van der Waals surface area contributed by atoms with Crippen LogP contribution in [0, 0.1) is 5.82 Å². The molecule has 2 atom stereocenters. The average Bonchev–Trinajstić information content (AvgIpc) is 3.52. The second-order valence-electron chi connectivity index (χ2n) is 13.0. The lowest BCUT2D eigenvalue weighted by Crippen LogP contribution is -2.51. The fraction of sp³-hybridized carbons (Fsp3) is 0.333. The lowest BCUT2D eigenvalue weighted by atomic mass is 10.1. The van der Waals surface area contributed by atoms with E-state index in [2.05, 4.69) is 20.4 Å². The van der Waals surface area contributed by atoms with E-state index in [1.165, 1.54) is 25.3 Å². The molecule has 2 amide bonds. The number of para-hydroxylation sites is 1. The number of ether oxygens (including phenoxy) is 2. The molecule has 1 unspecified atom stereocenters. The highest BCUT2D eigenvalue weighted by molar-refractivity contribution is 8.00. The van der Waals surface area contributed by atoms with Crippen LogP contribution in [-0.2, 0) is 45.0 Å². The van der Waals surface area contributed by atoms with Crippen molar-refractivity contribution in [2.24, 2.45) is 0 Å². The van der Waals surface area contributed by atoms with Crippen molar-refractivity contribution in [3.8, 4) is 23.0 Å². The highest BCUT2D eigenvalue weighted by Gasteiger charge is 2.41. The van der Waals surface area contributed by atoms with E-state index in [1.54, 1.807) is 57.2 Å². The number of sulfone groups is 1. The molecule has 4 aromatic rings. The zero-order chi connectivity index (χ0) is 36.6. The van der Waals surface area contributed by atoms with Gasteiger partial charge in [-0.05, 0) is 64.4 Å². The summed E-state index contributed by atoms with van der Waals surface area (Å²) in [5, 5.41) is 7.64. The molecule has 0 saturated carbocycles. The van der Waals surface area contributed by atoms with E-state index < -0.39 is 64.2 Å². The number of carbonyl (C=O) groups excluding carboxylic acids is 3. The van der Waals surface area contributed by atoms with Crippen LogP contribution in [0.25, 0.3) is 11.4 Å². The van der Waals surface area contributed by atoms with E-state index in [-0.39, 0.29) is 35.4 Å². The van der Waals surface area contributed by atoms with Crippen molar-refractivity contribution in [1.29, 1.82) is 0 Å². The summed E-state index contributed by atoms with van der Waals surface area (Å²) < 4.78 is 70.9. The fourth-order valence-electron chi connectivity index (χ4n) is 4.78. The maximum absolute atomic E-state index is 15.8. The topological polar surface area (TPSA) is 188 Å². The third-order valence-corrected chi connectivity index (χ3v) is 11.9. The summed E-state index contributed by atoms with van der Waals surface area (Å²) in [6.07, 6.45) is 1.55. The Bertz CT molecular complexity index is 2200. The van der Waals surface area contributed by atoms with Crippen LogP contribution in [0.3, 0.4) is 0 Å². The number of aromatic nitrogens is 3. The monoisotopic (exact) mass is 727 g/mol. The minimum absolute atomic E-state index is 0.240. The van der Waals surface area contributed by atoms with Crippen LogP contribution in [-0.4, -0.2) is 68.6 Å². The Hall–Kier alpha value is -5.12. The molecule has 17 heteroatoms. The van der Waals surface area contributed by atoms with E-state index in [1.807, 2.05) is 6.07 Å². The SMILES string of the molecule is CC(C)(C)OC(=O)N[C@H]1CS(=O)(=O)c2cc(F)c(-c3noc(C(C)(C)S(C)(=O)=C=O)n3)cc2N(Cc2ccc(Oc3ccccc3)nc2)C1=O. The van der Waals surface area contributed by atoms with Crippen molar-refractivity contribution in [2.45, 2.75) is 62.4 Å². The number of anilines is 1. The van der Waals surface area contributed by atoms with Crippen molar-refractivity contribution >= 4 is 42.3 Å². The van der Waals surface area contributed by atoms with Crippen LogP contribution in [0.4, 0.5) is 14.9 Å². The normalized spacial score (nSPS) is 17.1. The molecule has 0 fully saturated rings. The maximum Gasteiger partial charge on any atom is 0.408 e. The first-order valence-electron chi connectivity index (χ1n) is 15.1. The molecule has 0 saturated heterocycles. The lowest BCUT2D eigenvalue weighted by molar-refractivity contribution is -0.120. The number of carbonyl (C=O) groups is 2. The number of rotatable bonds is 8. The van der Waals surface area contributed by atoms with Crippen LogP contribution < -0.4 is 15.0 Å². The Balaban J connectivity index is 1.59. The zero-order valence-electron chi connectivity index (χ0n) is 27.9. The first-order valence-corrected chi connectivity index (χ1v) is 18.7. The molecule has 0 bridgehead atoms. The molecule has 1 aliphatic rings. The summed E-state index contributed by atoms with van der Waals surface area (Å²) in [7, 11) is -7.73. The van der Waals surface area contributed by atoms with Gasteiger partial charge in [-0.15, -0.1) is 0 Å². The summed E-state index contributed by atoms with van der Waals surface area (Å²) >= 11 is 0. The van der Waals surface area contributed by atoms with Gasteiger partial charge in [-0.2, -0.15) is 4.98 Å². The highest BCUT2D eigenvalue weighted by Crippen LogP contribution is 2.38. The van der Waals surface area contributed by atoms with Gasteiger partial charge in [-0.3, -0.25) is 9.00 Å². The summed E-state index contributed by atoms with van der Waals surface area (Å²) in [5.74, 6) is -2.66. The molecule has 2 aromatic heterocycles. The van der Waals surface area contributed by atoms with Crippen molar-refractivity contribution in [3.63, 3.8) is 0 Å². The highest BCUT2D eigenvalue weighted by atomic mass is 32.2. The number of fused-ring (bicyclic) bond motifs is 1. The van der Waals surface area contributed by atoms with Crippen molar-refractivity contribution < 1.29 is 45.4 Å². The molecular formula is C33H34FN5O9S2. The largest absolute Gasteiger partial charge is 0.444 e. The van der Waals surface area contributed by atoms with E-state index in [0.717, 1.165) is 23.3 Å². The van der Waals surface area contributed by atoms with E-state index in [9.17, 15) is 27.0 Å². The zero-order valence-corrected chi connectivity index (χ0v) is 29.6. The molecule has 14 nitrogen and oxygen atoms in total. The second kappa shape index (κ2) is 13.3. The Morgan fingerprint density at radius 2 is 1.84 bits per heavy atom. The molecule has 264 valence electrons. The molecular weight excluding hydrogens is 694 g/mol. The molecule has 0 spiro atoms. The first-order chi connectivity index (χ1) is 23.3. The average molecular weight is 728 g/mol. The Morgan fingerprint density at radius 3 is 2.46 bits per heavy atom. The summed E-state index contributed by atoms with van der Waals surface area (Å²) in [6.45, 7) is 7.37. The van der Waals surface area contributed by atoms with Gasteiger partial charge in [0.2, 0.25) is 17.6 Å². The fourth-order valence-corrected chi connectivity index (χ4v) is 7.02. The van der Waals surface area contributed by atoms with Gasteiger partial charge in [0.25, 0.3) is 5.91 Å². The third kappa shape index (κ3) is 7.54.